The summed E-state index contributed by atoms with van der Waals surface area (Å²) >= 11 is 0. The van der Waals surface area contributed by atoms with Gasteiger partial charge in [0.1, 0.15) is 18.1 Å². The van der Waals surface area contributed by atoms with Crippen molar-refractivity contribution < 1.29 is 9.53 Å². The predicted molar refractivity (Wildman–Crippen MR) is 99.9 cm³/mol. The van der Waals surface area contributed by atoms with Crippen LogP contribution in [0.5, 0.6) is 5.75 Å². The average Bonchev–Trinajstić information content (AvgIpc) is 3.35. The molecule has 0 unspecified atom stereocenters. The van der Waals surface area contributed by atoms with Crippen molar-refractivity contribution in [3.63, 3.8) is 0 Å². The van der Waals surface area contributed by atoms with Gasteiger partial charge in [-0.3, -0.25) is 14.4 Å². The molecule has 2 heterocycles. The van der Waals surface area contributed by atoms with Crippen LogP contribution in [0.15, 0.2) is 30.6 Å². The number of rotatable bonds is 7. The summed E-state index contributed by atoms with van der Waals surface area (Å²) in [5.41, 5.74) is 0.926. The normalized spacial score (nSPS) is 16.5. The van der Waals surface area contributed by atoms with E-state index in [1.54, 1.807) is 23.0 Å². The van der Waals surface area contributed by atoms with Crippen molar-refractivity contribution >= 4 is 5.91 Å². The third-order valence-corrected chi connectivity index (χ3v) is 4.72. The van der Waals surface area contributed by atoms with Gasteiger partial charge in [-0.15, -0.1) is 0 Å². The Bertz CT molecular complexity index is 810. The fourth-order valence-corrected chi connectivity index (χ4v) is 3.15. The van der Waals surface area contributed by atoms with Gasteiger partial charge in [0.25, 0.3) is 0 Å². The smallest absolute Gasteiger partial charge is 0.237 e. The van der Waals surface area contributed by atoms with E-state index in [0.717, 1.165) is 24.2 Å². The van der Waals surface area contributed by atoms with E-state index in [9.17, 15) is 4.79 Å². The van der Waals surface area contributed by atoms with Crippen LogP contribution < -0.4 is 4.74 Å². The third kappa shape index (κ3) is 4.63. The molecule has 1 aliphatic heterocycles. The average molecular weight is 368 g/mol. The summed E-state index contributed by atoms with van der Waals surface area (Å²) < 4.78 is 6.93. The number of benzene rings is 1. The zero-order valence-electron chi connectivity index (χ0n) is 15.7. The van der Waals surface area contributed by atoms with Crippen LogP contribution in [-0.2, 0) is 11.3 Å². The van der Waals surface area contributed by atoms with Gasteiger partial charge in [0.15, 0.2) is 5.82 Å². The minimum atomic E-state index is -0.270. The highest BCUT2D eigenvalue weighted by Crippen LogP contribution is 2.19. The zero-order valence-corrected chi connectivity index (χ0v) is 15.7. The number of carbonyl (C=O) groups is 1. The summed E-state index contributed by atoms with van der Waals surface area (Å²) in [4.78, 5) is 20.3. The molecule has 0 N–H and O–H groups in total. The molecule has 8 heteroatoms. The van der Waals surface area contributed by atoms with E-state index < -0.39 is 0 Å². The second-order valence-corrected chi connectivity index (χ2v) is 6.67. The molecule has 1 amide bonds. The first kappa shape index (κ1) is 18.9. The van der Waals surface area contributed by atoms with Crippen LogP contribution in [0.4, 0.5) is 0 Å². The molecule has 142 valence electrons. The number of amides is 1. The molecule has 0 bridgehead atoms. The fraction of sp³-hybridized carbons (Fsp3) is 0.474. The highest BCUT2D eigenvalue weighted by atomic mass is 16.5. The Morgan fingerprint density at radius 1 is 1.41 bits per heavy atom. The maximum absolute atomic E-state index is 12.4. The summed E-state index contributed by atoms with van der Waals surface area (Å²) in [6.07, 6.45) is 3.38. The van der Waals surface area contributed by atoms with Crippen LogP contribution in [-0.4, -0.2) is 70.3 Å². The van der Waals surface area contributed by atoms with Crippen molar-refractivity contribution in [2.24, 2.45) is 0 Å². The van der Waals surface area contributed by atoms with Gasteiger partial charge < -0.3 is 9.64 Å². The Morgan fingerprint density at radius 3 is 2.89 bits per heavy atom. The van der Waals surface area contributed by atoms with Crippen molar-refractivity contribution in [3.8, 4) is 23.2 Å². The minimum Gasteiger partial charge on any atom is -0.497 e. The lowest BCUT2D eigenvalue weighted by molar-refractivity contribution is -0.132. The number of carbonyl (C=O) groups excluding carboxylic acids is 1. The van der Waals surface area contributed by atoms with Gasteiger partial charge in [-0.25, -0.2) is 4.98 Å². The predicted octanol–water partition coefficient (Wildman–Crippen LogP) is 1.40. The summed E-state index contributed by atoms with van der Waals surface area (Å²) in [5, 5.41) is 13.6. The summed E-state index contributed by atoms with van der Waals surface area (Å²) in [5.74, 6) is 1.46. The Morgan fingerprint density at radius 2 is 2.19 bits per heavy atom. The van der Waals surface area contributed by atoms with Crippen molar-refractivity contribution in [2.75, 3.05) is 33.8 Å². The highest BCUT2D eigenvalue weighted by molar-refractivity contribution is 5.79. The minimum absolute atomic E-state index is 0.0130. The van der Waals surface area contributed by atoms with Gasteiger partial charge in [-0.1, -0.05) is 0 Å². The molecular weight excluding hydrogens is 344 g/mol. The topological polar surface area (TPSA) is 87.3 Å². The molecule has 3 rings (SSSR count). The molecule has 1 fully saturated rings. The summed E-state index contributed by atoms with van der Waals surface area (Å²) in [7, 11) is 3.53. The van der Waals surface area contributed by atoms with Gasteiger partial charge in [0, 0.05) is 18.7 Å². The van der Waals surface area contributed by atoms with E-state index in [0.29, 0.717) is 32.0 Å². The molecule has 0 aliphatic carbocycles. The van der Waals surface area contributed by atoms with E-state index in [2.05, 4.69) is 16.2 Å². The fourth-order valence-electron chi connectivity index (χ4n) is 3.15. The third-order valence-electron chi connectivity index (χ3n) is 4.72. The molecule has 8 nitrogen and oxygen atoms in total. The van der Waals surface area contributed by atoms with Crippen molar-refractivity contribution in [3.05, 3.63) is 30.6 Å². The van der Waals surface area contributed by atoms with Crippen LogP contribution in [0.2, 0.25) is 0 Å². The first-order valence-corrected chi connectivity index (χ1v) is 9.02. The van der Waals surface area contributed by atoms with E-state index >= 15 is 0 Å². The Balaban J connectivity index is 1.50. The molecule has 0 saturated carbocycles. The number of aromatic nitrogens is 3. The number of methoxy groups -OCH3 is 1. The molecule has 0 radical (unpaired) electrons. The van der Waals surface area contributed by atoms with Crippen LogP contribution in [0.1, 0.15) is 12.8 Å². The molecule has 27 heavy (non-hydrogen) atoms. The van der Waals surface area contributed by atoms with E-state index in [4.69, 9.17) is 10.00 Å². The second-order valence-electron chi connectivity index (χ2n) is 6.67. The zero-order chi connectivity index (χ0) is 19.2. The van der Waals surface area contributed by atoms with Gasteiger partial charge in [-0.05, 0) is 44.2 Å². The quantitative estimate of drug-likeness (QED) is 0.734. The highest BCUT2D eigenvalue weighted by Gasteiger charge is 2.28. The lowest BCUT2D eigenvalue weighted by atomic mass is 10.2. The van der Waals surface area contributed by atoms with Crippen molar-refractivity contribution in [1.82, 2.24) is 24.6 Å². The number of ether oxygens (including phenoxy) is 1. The van der Waals surface area contributed by atoms with Gasteiger partial charge in [0.2, 0.25) is 5.91 Å². The standard InChI is InChI=1S/C19H24N6O2/c1-23(13-18(26)25-9-3-4-16(25)12-20)10-11-24-14-21-19(22-24)15-5-7-17(27-2)8-6-15/h5-8,14,16H,3-4,9-11,13H2,1-2H3/t16-/m0/s1. The van der Waals surface area contributed by atoms with Crippen LogP contribution >= 0.6 is 0 Å². The van der Waals surface area contributed by atoms with E-state index in [1.807, 2.05) is 36.2 Å². The molecular formula is C19H24N6O2. The Labute approximate surface area is 159 Å². The van der Waals surface area contributed by atoms with Crippen LogP contribution in [0, 0.1) is 11.3 Å². The van der Waals surface area contributed by atoms with Crippen LogP contribution in [0.25, 0.3) is 11.4 Å². The number of nitrogens with zero attached hydrogens (tertiary/aromatic N) is 6. The number of hydrogen-bond donors (Lipinski definition) is 0. The van der Waals surface area contributed by atoms with Crippen molar-refractivity contribution in [1.29, 1.82) is 5.26 Å². The maximum atomic E-state index is 12.4. The summed E-state index contributed by atoms with van der Waals surface area (Å²) in [6, 6.07) is 9.54. The van der Waals surface area contributed by atoms with Crippen LogP contribution in [0.3, 0.4) is 0 Å². The van der Waals surface area contributed by atoms with Crippen molar-refractivity contribution in [2.45, 2.75) is 25.4 Å². The molecule has 1 aliphatic rings. The molecule has 0 spiro atoms. The molecule has 1 atom stereocenters. The Hall–Kier alpha value is -2.92. The lowest BCUT2D eigenvalue weighted by Gasteiger charge is -2.23. The first-order valence-electron chi connectivity index (χ1n) is 9.02. The Kier molecular flexibility index (Phi) is 6.04. The van der Waals surface area contributed by atoms with Gasteiger partial charge in [0.05, 0.1) is 26.3 Å². The molecule has 1 aromatic carbocycles. The largest absolute Gasteiger partial charge is 0.497 e. The lowest BCUT2D eigenvalue weighted by Crippen LogP contribution is -2.41. The molecule has 1 saturated heterocycles. The number of nitriles is 1. The first-order chi connectivity index (χ1) is 13.1. The molecule has 2 aromatic rings. The number of hydrogen-bond acceptors (Lipinski definition) is 6. The van der Waals surface area contributed by atoms with Gasteiger partial charge in [-0.2, -0.15) is 10.4 Å². The van der Waals surface area contributed by atoms with Gasteiger partial charge >= 0.3 is 0 Å². The number of likely N-dealkylation sites (N-methyl/N-ethyl adjacent to an activating group) is 1. The molecule has 1 aromatic heterocycles. The van der Waals surface area contributed by atoms with E-state index in [1.165, 1.54) is 0 Å². The monoisotopic (exact) mass is 368 g/mol. The maximum Gasteiger partial charge on any atom is 0.237 e. The number of likely N-dealkylation sites (tertiary alicyclic amines) is 1. The SMILES string of the molecule is COc1ccc(-c2ncn(CCN(C)CC(=O)N3CCC[C@H]3C#N)n2)cc1. The van der Waals surface area contributed by atoms with E-state index in [-0.39, 0.29) is 11.9 Å². The summed E-state index contributed by atoms with van der Waals surface area (Å²) in [6.45, 7) is 2.29. The second kappa shape index (κ2) is 8.64.